The molecule has 0 saturated carbocycles. The number of nitrogens with zero attached hydrogens (tertiary/aromatic N) is 3. The van der Waals surface area contributed by atoms with Crippen LogP contribution in [0.15, 0.2) is 18.3 Å². The first-order valence-electron chi connectivity index (χ1n) is 7.57. The van der Waals surface area contributed by atoms with Crippen molar-refractivity contribution in [3.05, 3.63) is 24.2 Å². The number of aromatic nitrogens is 3. The van der Waals surface area contributed by atoms with Gasteiger partial charge in [0.2, 0.25) is 0 Å². The molecule has 1 unspecified atom stereocenters. The van der Waals surface area contributed by atoms with Gasteiger partial charge in [-0.2, -0.15) is 11.8 Å². The van der Waals surface area contributed by atoms with E-state index in [-0.39, 0.29) is 0 Å². The molecule has 2 saturated heterocycles. The van der Waals surface area contributed by atoms with Crippen LogP contribution in [0, 0.1) is 0 Å². The van der Waals surface area contributed by atoms with Crippen molar-refractivity contribution >= 4 is 22.9 Å². The van der Waals surface area contributed by atoms with Crippen molar-refractivity contribution in [2.45, 2.75) is 37.8 Å². The number of thioether (sulfide) groups is 1. The van der Waals surface area contributed by atoms with Crippen LogP contribution in [0.4, 0.5) is 0 Å². The molecule has 2 aromatic heterocycles. The zero-order valence-corrected chi connectivity index (χ0v) is 12.4. The summed E-state index contributed by atoms with van der Waals surface area (Å²) in [4.78, 5) is 9.53. The molecule has 0 amide bonds. The van der Waals surface area contributed by atoms with E-state index in [1.165, 1.54) is 43.0 Å². The lowest BCUT2D eigenvalue weighted by Gasteiger charge is -2.24. The van der Waals surface area contributed by atoms with Crippen LogP contribution in [0.5, 0.6) is 0 Å². The Bertz CT molecular complexity index is 597. The molecule has 0 spiro atoms. The van der Waals surface area contributed by atoms with Gasteiger partial charge >= 0.3 is 0 Å². The van der Waals surface area contributed by atoms with Crippen LogP contribution in [-0.4, -0.2) is 32.6 Å². The highest BCUT2D eigenvalue weighted by atomic mass is 32.2. The quantitative estimate of drug-likeness (QED) is 0.922. The van der Waals surface area contributed by atoms with Crippen molar-refractivity contribution in [1.82, 2.24) is 19.9 Å². The summed E-state index contributed by atoms with van der Waals surface area (Å²) in [6, 6.07) is 4.08. The van der Waals surface area contributed by atoms with E-state index in [1.54, 1.807) is 0 Å². The lowest BCUT2D eigenvalue weighted by atomic mass is 10.0. The van der Waals surface area contributed by atoms with Gasteiger partial charge in [0.1, 0.15) is 11.3 Å². The van der Waals surface area contributed by atoms with Gasteiger partial charge in [-0.1, -0.05) is 0 Å². The number of hydrogen-bond donors (Lipinski definition) is 1. The predicted molar refractivity (Wildman–Crippen MR) is 83.1 cm³/mol. The summed E-state index contributed by atoms with van der Waals surface area (Å²) in [5.74, 6) is 4.39. The minimum absolute atomic E-state index is 0.388. The van der Waals surface area contributed by atoms with Gasteiger partial charge in [-0.3, -0.25) is 9.88 Å². The van der Waals surface area contributed by atoms with Crippen LogP contribution >= 0.6 is 11.8 Å². The molecule has 0 aromatic carbocycles. The highest BCUT2D eigenvalue weighted by Crippen LogP contribution is 2.35. The average Bonchev–Trinajstić information content (AvgIpc) is 3.14. The Morgan fingerprint density at radius 1 is 1.25 bits per heavy atom. The summed E-state index contributed by atoms with van der Waals surface area (Å²) in [6.07, 6.45) is 7.21. The van der Waals surface area contributed by atoms with Crippen molar-refractivity contribution in [3.8, 4) is 0 Å². The van der Waals surface area contributed by atoms with E-state index >= 15 is 0 Å². The number of imidazole rings is 1. The Labute approximate surface area is 123 Å². The zero-order valence-electron chi connectivity index (χ0n) is 11.6. The molecule has 5 heteroatoms. The number of hydrogen-bond acceptors (Lipinski definition) is 4. The van der Waals surface area contributed by atoms with Gasteiger partial charge in [-0.15, -0.1) is 0 Å². The molecule has 1 atom stereocenters. The third-order valence-corrected chi connectivity index (χ3v) is 5.46. The van der Waals surface area contributed by atoms with Gasteiger partial charge in [0, 0.05) is 12.1 Å². The zero-order chi connectivity index (χ0) is 13.4. The summed E-state index contributed by atoms with van der Waals surface area (Å²) < 4.78 is 2.39. The third kappa shape index (κ3) is 2.13. The molecule has 2 aliphatic rings. The van der Waals surface area contributed by atoms with Crippen molar-refractivity contribution in [3.63, 3.8) is 0 Å². The van der Waals surface area contributed by atoms with Gasteiger partial charge in [0.05, 0.1) is 6.17 Å². The largest absolute Gasteiger partial charge is 0.297 e. The van der Waals surface area contributed by atoms with Crippen LogP contribution in [0.2, 0.25) is 0 Å². The Hall–Kier alpha value is -1.07. The van der Waals surface area contributed by atoms with E-state index < -0.39 is 0 Å². The third-order valence-electron chi connectivity index (χ3n) is 4.41. The van der Waals surface area contributed by atoms with E-state index in [0.717, 1.165) is 17.7 Å². The first-order valence-corrected chi connectivity index (χ1v) is 8.73. The van der Waals surface area contributed by atoms with Crippen molar-refractivity contribution in [2.24, 2.45) is 0 Å². The number of nitrogens with one attached hydrogen (secondary N) is 1. The average molecular weight is 288 g/mol. The minimum Gasteiger partial charge on any atom is -0.297 e. The lowest BCUT2D eigenvalue weighted by molar-refractivity contribution is 0.437. The van der Waals surface area contributed by atoms with Crippen LogP contribution < -0.4 is 5.32 Å². The summed E-state index contributed by atoms with van der Waals surface area (Å²) in [6.45, 7) is 1.11. The van der Waals surface area contributed by atoms with E-state index in [9.17, 15) is 0 Å². The molecule has 0 bridgehead atoms. The second-order valence-electron chi connectivity index (χ2n) is 5.68. The Morgan fingerprint density at radius 2 is 2.15 bits per heavy atom. The van der Waals surface area contributed by atoms with Crippen LogP contribution in [0.25, 0.3) is 11.2 Å². The molecule has 2 aliphatic heterocycles. The fraction of sp³-hybridized carbons (Fsp3) is 0.600. The molecule has 20 heavy (non-hydrogen) atoms. The summed E-state index contributed by atoms with van der Waals surface area (Å²) in [5, 5.41) is 3.61. The molecule has 1 N–H and O–H groups in total. The smallest absolute Gasteiger partial charge is 0.161 e. The molecule has 4 nitrogen and oxygen atoms in total. The fourth-order valence-electron chi connectivity index (χ4n) is 3.38. The SMILES string of the molecule is c1cnc2c(c1)nc(C1CCSCC1)n2C1CCCN1. The summed E-state index contributed by atoms with van der Waals surface area (Å²) >= 11 is 2.07. The molecular weight excluding hydrogens is 268 g/mol. The topological polar surface area (TPSA) is 42.7 Å². The van der Waals surface area contributed by atoms with Crippen molar-refractivity contribution in [2.75, 3.05) is 18.1 Å². The molecule has 2 fully saturated rings. The molecule has 0 radical (unpaired) electrons. The standard InChI is InChI=1S/C15H20N4S/c1-3-12-15(17-8-1)19(13-4-2-7-16-13)14(18-12)11-5-9-20-10-6-11/h1,3,8,11,13,16H,2,4-7,9-10H2. The van der Waals surface area contributed by atoms with Crippen LogP contribution in [0.3, 0.4) is 0 Å². The second-order valence-corrected chi connectivity index (χ2v) is 6.91. The monoisotopic (exact) mass is 288 g/mol. The lowest BCUT2D eigenvalue weighted by Crippen LogP contribution is -2.24. The molecular formula is C15H20N4S. The molecule has 2 aromatic rings. The van der Waals surface area contributed by atoms with Gasteiger partial charge in [-0.25, -0.2) is 9.97 Å². The first kappa shape index (κ1) is 12.7. The Morgan fingerprint density at radius 3 is 2.95 bits per heavy atom. The van der Waals surface area contributed by atoms with Crippen molar-refractivity contribution in [1.29, 1.82) is 0 Å². The second kappa shape index (κ2) is 5.37. The fourth-order valence-corrected chi connectivity index (χ4v) is 4.49. The van der Waals surface area contributed by atoms with E-state index in [1.807, 2.05) is 12.3 Å². The van der Waals surface area contributed by atoms with E-state index in [2.05, 4.69) is 32.7 Å². The molecule has 4 heterocycles. The number of fused-ring (bicyclic) bond motifs is 1. The maximum atomic E-state index is 4.93. The summed E-state index contributed by atoms with van der Waals surface area (Å²) in [5.41, 5.74) is 2.11. The maximum Gasteiger partial charge on any atom is 0.161 e. The van der Waals surface area contributed by atoms with Crippen molar-refractivity contribution < 1.29 is 0 Å². The normalized spacial score (nSPS) is 24.5. The predicted octanol–water partition coefficient (Wildman–Crippen LogP) is 2.92. The Balaban J connectivity index is 1.82. The van der Waals surface area contributed by atoms with Gasteiger partial charge in [0.25, 0.3) is 0 Å². The van der Waals surface area contributed by atoms with Gasteiger partial charge in [-0.05, 0) is 55.9 Å². The van der Waals surface area contributed by atoms with Gasteiger partial charge < -0.3 is 0 Å². The minimum atomic E-state index is 0.388. The maximum absolute atomic E-state index is 4.93. The van der Waals surface area contributed by atoms with Gasteiger partial charge in [0.15, 0.2) is 5.65 Å². The Kier molecular flexibility index (Phi) is 3.40. The molecule has 4 rings (SSSR count). The van der Waals surface area contributed by atoms with Crippen LogP contribution in [-0.2, 0) is 0 Å². The van der Waals surface area contributed by atoms with E-state index in [0.29, 0.717) is 12.1 Å². The highest BCUT2D eigenvalue weighted by molar-refractivity contribution is 7.99. The number of pyridine rings is 1. The molecule has 0 aliphatic carbocycles. The molecule has 106 valence electrons. The van der Waals surface area contributed by atoms with Crippen LogP contribution in [0.1, 0.15) is 43.6 Å². The first-order chi connectivity index (χ1) is 9.93. The number of rotatable bonds is 2. The van der Waals surface area contributed by atoms with E-state index in [4.69, 9.17) is 4.98 Å². The summed E-state index contributed by atoms with van der Waals surface area (Å²) in [7, 11) is 0. The highest BCUT2D eigenvalue weighted by Gasteiger charge is 2.28.